The van der Waals surface area contributed by atoms with Crippen LogP contribution in [0.3, 0.4) is 0 Å². The monoisotopic (exact) mass is 1410 g/mol. The van der Waals surface area contributed by atoms with E-state index in [-0.39, 0.29) is 29.6 Å². The number of fused-ring (bicyclic) bond motifs is 2. The van der Waals surface area contributed by atoms with Crippen molar-refractivity contribution in [2.75, 3.05) is 87.7 Å². The number of rotatable bonds is 16. The van der Waals surface area contributed by atoms with E-state index in [0.29, 0.717) is 95.7 Å². The zero-order valence-electron chi connectivity index (χ0n) is 53.3. The molecule has 7 heterocycles. The summed E-state index contributed by atoms with van der Waals surface area (Å²) in [7, 11) is -3.48. The maximum absolute atomic E-state index is 13.4. The molecule has 0 atom stereocenters. The van der Waals surface area contributed by atoms with Crippen LogP contribution in [0.2, 0.25) is 0 Å². The van der Waals surface area contributed by atoms with Gasteiger partial charge in [0, 0.05) is 102 Å². The van der Waals surface area contributed by atoms with Crippen molar-refractivity contribution in [2.24, 2.45) is 0 Å². The molecule has 0 bridgehead atoms. The van der Waals surface area contributed by atoms with Gasteiger partial charge in [0.2, 0.25) is 31.9 Å². The van der Waals surface area contributed by atoms with Crippen molar-refractivity contribution in [2.45, 2.75) is 61.5 Å². The normalized spacial score (nSPS) is 16.1. The van der Waals surface area contributed by atoms with E-state index in [2.05, 4.69) is 87.3 Å². The van der Waals surface area contributed by atoms with Gasteiger partial charge in [-0.3, -0.25) is 19.8 Å². The molecule has 4 aromatic heterocycles. The topological polar surface area (TPSA) is 291 Å². The molecule has 3 fully saturated rings. The molecular weight excluding hydrogens is 1340 g/mol. The molecule has 30 heteroatoms. The molecule has 498 valence electrons. The summed E-state index contributed by atoms with van der Waals surface area (Å²) in [6.45, 7) is 12.9. The minimum Gasteiger partial charge on any atom is -0.399 e. The molecular formula is C66H70BBrF2N16O8S2. The number of nitrogens with one attached hydrogen (secondary N) is 6. The Bertz CT molecular complexity index is 4660. The molecule has 0 spiro atoms. The minimum absolute atomic E-state index is 0.0224. The van der Waals surface area contributed by atoms with Gasteiger partial charge in [-0.05, 0) is 149 Å². The number of sulfonamides is 2. The van der Waals surface area contributed by atoms with Gasteiger partial charge < -0.3 is 40.4 Å². The zero-order valence-corrected chi connectivity index (χ0v) is 56.6. The van der Waals surface area contributed by atoms with Crippen LogP contribution in [0.4, 0.5) is 43.4 Å². The average molecular weight is 1410 g/mol. The highest BCUT2D eigenvalue weighted by Crippen LogP contribution is 2.37. The average Bonchev–Trinajstić information content (AvgIpc) is 1.00. The third-order valence-corrected chi connectivity index (χ3v) is 21.0. The lowest BCUT2D eigenvalue weighted by Gasteiger charge is -2.32. The Kier molecular flexibility index (Phi) is 20.8. The third kappa shape index (κ3) is 16.6. The fourth-order valence-corrected chi connectivity index (χ4v) is 13.8. The Labute approximate surface area is 563 Å². The molecule has 3 saturated heterocycles. The van der Waals surface area contributed by atoms with Crippen LogP contribution < -0.4 is 26.7 Å². The SMILES string of the molecule is CN1CCN(S(=O)(=O)c2ccc(-c3ccc4c(Nc5cc(CC(=O)Nc6cccc(F)c6)[nH]n5)ncnc4c3)cc2)CC1.CN1CCN(S(=O)(=O)c2ccc(B3OC(C)(C)C(C)(C)O3)cc2)CC1.O=C(Cc1cc(Nc2ncnc3cc(Br)ccc23)n[nH]1)Nc1cccc(F)c1. The standard InChI is InChI=1S/C30H29FN8O3S.C19H14BrFN6O.C17H27BN2O4S/c1-38-11-13-39(14-12-38)43(41,42)25-8-5-20(6-9-25)21-7-10-26-27(15-21)32-19-33-30(26)35-28-17-24(36-37-28)18-29(40)34-23-4-2-3-22(31)16-23;20-11-4-5-15-16(6-11)22-10-23-19(15)25-17-8-14(26-27-17)9-18(28)24-13-3-1-2-12(21)7-13;1-16(2)17(3,4)24-18(23-16)14-6-8-15(9-7-14)25(21,22)20-12-10-19(5)11-13-20/h2-10,15-17,19H,11-14,18H2,1H3,(H,34,40)(H2,32,33,35,36,37);1-8,10H,9H2,(H,24,28)(H2,22,23,25,26,27);6-9H,10-13H2,1-5H3. The Morgan fingerprint density at radius 2 is 0.969 bits per heavy atom. The lowest BCUT2D eigenvalue weighted by molar-refractivity contribution is -0.116. The molecule has 0 saturated carbocycles. The van der Waals surface area contributed by atoms with E-state index in [0.717, 1.165) is 50.4 Å². The summed E-state index contributed by atoms with van der Waals surface area (Å²) in [5.74, 6) is 0.706. The van der Waals surface area contributed by atoms with Gasteiger partial charge in [-0.2, -0.15) is 18.8 Å². The summed E-state index contributed by atoms with van der Waals surface area (Å²) >= 11 is 3.42. The highest BCUT2D eigenvalue weighted by molar-refractivity contribution is 9.10. The van der Waals surface area contributed by atoms with Crippen molar-refractivity contribution in [3.05, 3.63) is 186 Å². The van der Waals surface area contributed by atoms with Crippen molar-refractivity contribution in [1.82, 2.24) is 58.7 Å². The van der Waals surface area contributed by atoms with Crippen LogP contribution in [0, 0.1) is 11.6 Å². The van der Waals surface area contributed by atoms with Gasteiger partial charge in [0.15, 0.2) is 11.6 Å². The third-order valence-electron chi connectivity index (χ3n) is 16.7. The maximum atomic E-state index is 13.4. The molecule has 0 radical (unpaired) electrons. The summed E-state index contributed by atoms with van der Waals surface area (Å²) in [4.78, 5) is 46.6. The van der Waals surface area contributed by atoms with Gasteiger partial charge in [-0.1, -0.05) is 58.4 Å². The second-order valence-electron chi connectivity index (χ2n) is 24.2. The highest BCUT2D eigenvalue weighted by atomic mass is 79.9. The second-order valence-corrected chi connectivity index (χ2v) is 29.0. The number of H-pyrrole nitrogens is 2. The largest absolute Gasteiger partial charge is 0.494 e. The Morgan fingerprint density at radius 3 is 1.43 bits per heavy atom. The molecule has 6 aromatic carbocycles. The lowest BCUT2D eigenvalue weighted by Crippen LogP contribution is -2.47. The molecule has 0 unspecified atom stereocenters. The molecule has 0 aliphatic carbocycles. The first-order valence-corrected chi connectivity index (χ1v) is 34.3. The maximum Gasteiger partial charge on any atom is 0.494 e. The number of likely N-dealkylation sites (N-methyl/N-ethyl adjacent to an activating group) is 2. The Morgan fingerprint density at radius 1 is 0.542 bits per heavy atom. The molecule has 3 aliphatic heterocycles. The van der Waals surface area contributed by atoms with Gasteiger partial charge in [-0.25, -0.2) is 45.6 Å². The number of amides is 2. The quantitative estimate of drug-likeness (QED) is 0.0491. The predicted molar refractivity (Wildman–Crippen MR) is 368 cm³/mol. The zero-order chi connectivity index (χ0) is 67.9. The van der Waals surface area contributed by atoms with Gasteiger partial charge >= 0.3 is 7.12 Å². The highest BCUT2D eigenvalue weighted by Gasteiger charge is 2.51. The first-order chi connectivity index (χ1) is 45.8. The van der Waals surface area contributed by atoms with Crippen molar-refractivity contribution in [1.29, 1.82) is 0 Å². The summed E-state index contributed by atoms with van der Waals surface area (Å²) in [5.41, 5.74) is 5.18. The summed E-state index contributed by atoms with van der Waals surface area (Å²) in [6.07, 6.45) is 3.01. The Hall–Kier alpha value is -8.98. The van der Waals surface area contributed by atoms with Gasteiger partial charge in [0.1, 0.15) is 35.9 Å². The molecule has 2 amide bonds. The first-order valence-electron chi connectivity index (χ1n) is 30.7. The summed E-state index contributed by atoms with van der Waals surface area (Å²) in [5, 5.41) is 27.2. The van der Waals surface area contributed by atoms with Crippen LogP contribution in [0.15, 0.2) is 173 Å². The lowest BCUT2D eigenvalue weighted by atomic mass is 9.79. The molecule has 96 heavy (non-hydrogen) atoms. The predicted octanol–water partition coefficient (Wildman–Crippen LogP) is 9.12. The van der Waals surface area contributed by atoms with Crippen molar-refractivity contribution in [3.63, 3.8) is 0 Å². The summed E-state index contributed by atoms with van der Waals surface area (Å²) in [6, 6.07) is 40.1. The van der Waals surface area contributed by atoms with E-state index in [1.807, 2.05) is 78.2 Å². The number of anilines is 6. The van der Waals surface area contributed by atoms with Crippen LogP contribution in [-0.2, 0) is 51.8 Å². The van der Waals surface area contributed by atoms with E-state index in [1.54, 1.807) is 77.1 Å². The minimum atomic E-state index is -3.54. The molecule has 10 aromatic rings. The van der Waals surface area contributed by atoms with Gasteiger partial charge in [0.25, 0.3) is 0 Å². The van der Waals surface area contributed by atoms with Gasteiger partial charge in [0.05, 0.1) is 44.9 Å². The van der Waals surface area contributed by atoms with Crippen LogP contribution >= 0.6 is 15.9 Å². The molecule has 6 N–H and O–H groups in total. The number of hydrogen-bond donors (Lipinski definition) is 6. The molecule has 13 rings (SSSR count). The van der Waals surface area contributed by atoms with Crippen LogP contribution in [0.25, 0.3) is 32.9 Å². The molecule has 3 aliphatic rings. The van der Waals surface area contributed by atoms with Crippen LogP contribution in [0.5, 0.6) is 0 Å². The fourth-order valence-electron chi connectivity index (χ4n) is 10.6. The number of piperazine rings is 2. The van der Waals surface area contributed by atoms with Crippen molar-refractivity contribution >= 4 is 117 Å². The smallest absolute Gasteiger partial charge is 0.399 e. The number of aromatic amines is 2. The second kappa shape index (κ2) is 29.2. The van der Waals surface area contributed by atoms with E-state index in [9.17, 15) is 35.2 Å². The van der Waals surface area contributed by atoms with Crippen LogP contribution in [-0.4, -0.2) is 172 Å². The fraction of sp³-hybridized carbons (Fsp3) is 0.273. The van der Waals surface area contributed by atoms with E-state index in [4.69, 9.17) is 9.31 Å². The summed E-state index contributed by atoms with van der Waals surface area (Å²) < 4.78 is 94.4. The number of carbonyl (C=O) groups is 2. The van der Waals surface area contributed by atoms with Crippen LogP contribution in [0.1, 0.15) is 39.1 Å². The van der Waals surface area contributed by atoms with E-state index < -0.39 is 50.0 Å². The first kappa shape index (κ1) is 68.4. The number of hydrogen-bond acceptors (Lipinski definition) is 18. The Balaban J connectivity index is 0.000000154. The van der Waals surface area contributed by atoms with E-state index >= 15 is 0 Å². The molecule has 24 nitrogen and oxygen atoms in total. The number of nitrogens with zero attached hydrogens (tertiary/aromatic N) is 10. The van der Waals surface area contributed by atoms with Gasteiger partial charge in [-0.15, -0.1) is 0 Å². The number of halogens is 3. The van der Waals surface area contributed by atoms with Crippen molar-refractivity contribution in [3.8, 4) is 11.1 Å². The number of carbonyl (C=O) groups excluding carboxylic acids is 2. The van der Waals surface area contributed by atoms with E-state index in [1.165, 1.54) is 53.4 Å². The number of aromatic nitrogens is 8. The van der Waals surface area contributed by atoms with Crippen molar-refractivity contribution < 1.29 is 44.5 Å². The number of benzene rings is 6.